The third-order valence-electron chi connectivity index (χ3n) is 2.96. The summed E-state index contributed by atoms with van der Waals surface area (Å²) in [6.45, 7) is 2.74. The smallest absolute Gasteiger partial charge is 0.136 e. The van der Waals surface area contributed by atoms with Crippen LogP contribution in [0.15, 0.2) is 23.4 Å². The predicted octanol–water partition coefficient (Wildman–Crippen LogP) is 1.65. The molecule has 0 aromatic heterocycles. The van der Waals surface area contributed by atoms with Crippen molar-refractivity contribution in [2.24, 2.45) is 5.92 Å². The van der Waals surface area contributed by atoms with Crippen molar-refractivity contribution in [1.82, 2.24) is 4.90 Å². The van der Waals surface area contributed by atoms with Crippen molar-refractivity contribution in [1.29, 1.82) is 5.26 Å². The van der Waals surface area contributed by atoms with Crippen molar-refractivity contribution in [3.8, 4) is 6.07 Å². The molecule has 1 saturated heterocycles. The molecule has 2 aliphatic rings. The monoisotopic (exact) mass is 190 g/mol. The van der Waals surface area contributed by atoms with E-state index in [9.17, 15) is 0 Å². The molecule has 0 aliphatic carbocycles. The lowest BCUT2D eigenvalue weighted by Crippen LogP contribution is -2.36. The average Bonchev–Trinajstić information content (AvgIpc) is 2.61. The third kappa shape index (κ3) is 1.32. The number of hydrogen-bond acceptors (Lipinski definition) is 3. The summed E-state index contributed by atoms with van der Waals surface area (Å²) in [6, 6.07) is 2.23. The fraction of sp³-hybridized carbons (Fsp3) is 0.545. The predicted molar refractivity (Wildman–Crippen MR) is 53.1 cm³/mol. The standard InChI is InChI=1S/C11H14N2O/c1-3-9-7-14-11-10(9)4-8(5-12)6-13(11)2/h3,6,10-11H,4,7H2,1-2H3/b9-3-/t10-,11+/m0/s1. The molecular weight excluding hydrogens is 176 g/mol. The lowest BCUT2D eigenvalue weighted by molar-refractivity contribution is -0.00758. The van der Waals surface area contributed by atoms with E-state index in [0.717, 1.165) is 12.0 Å². The summed E-state index contributed by atoms with van der Waals surface area (Å²) in [6.07, 6.45) is 4.96. The van der Waals surface area contributed by atoms with E-state index in [0.29, 0.717) is 12.5 Å². The zero-order chi connectivity index (χ0) is 10.1. The Labute approximate surface area is 84.3 Å². The van der Waals surface area contributed by atoms with E-state index in [-0.39, 0.29) is 6.23 Å². The van der Waals surface area contributed by atoms with E-state index in [2.05, 4.69) is 12.1 Å². The van der Waals surface area contributed by atoms with Gasteiger partial charge in [0.25, 0.3) is 0 Å². The summed E-state index contributed by atoms with van der Waals surface area (Å²) in [7, 11) is 1.97. The molecular formula is C11H14N2O. The molecule has 0 N–H and O–H groups in total. The number of nitriles is 1. The van der Waals surface area contributed by atoms with Crippen LogP contribution in [-0.2, 0) is 4.74 Å². The van der Waals surface area contributed by atoms with Gasteiger partial charge in [0, 0.05) is 24.7 Å². The molecule has 3 heteroatoms. The highest BCUT2D eigenvalue weighted by atomic mass is 16.5. The minimum absolute atomic E-state index is 0.137. The van der Waals surface area contributed by atoms with Crippen LogP contribution in [0.25, 0.3) is 0 Å². The molecule has 14 heavy (non-hydrogen) atoms. The van der Waals surface area contributed by atoms with Crippen LogP contribution < -0.4 is 0 Å². The second-order valence-corrected chi connectivity index (χ2v) is 3.81. The number of nitrogens with zero attached hydrogens (tertiary/aromatic N) is 2. The first-order valence-corrected chi connectivity index (χ1v) is 4.85. The first kappa shape index (κ1) is 9.29. The third-order valence-corrected chi connectivity index (χ3v) is 2.96. The summed E-state index contributed by atoms with van der Waals surface area (Å²) < 4.78 is 5.67. The highest BCUT2D eigenvalue weighted by Crippen LogP contribution is 2.36. The van der Waals surface area contributed by atoms with Crippen molar-refractivity contribution >= 4 is 0 Å². The minimum atomic E-state index is 0.137. The molecule has 0 bridgehead atoms. The fourth-order valence-electron chi connectivity index (χ4n) is 2.20. The van der Waals surface area contributed by atoms with Gasteiger partial charge in [0.2, 0.25) is 0 Å². The molecule has 74 valence electrons. The Hall–Kier alpha value is -1.27. The highest BCUT2D eigenvalue weighted by Gasteiger charge is 2.37. The van der Waals surface area contributed by atoms with Gasteiger partial charge in [-0.1, -0.05) is 6.08 Å². The molecule has 2 rings (SSSR count). The van der Waals surface area contributed by atoms with E-state index in [4.69, 9.17) is 10.00 Å². The Bertz CT molecular complexity index is 338. The van der Waals surface area contributed by atoms with E-state index in [1.807, 2.05) is 25.1 Å². The van der Waals surface area contributed by atoms with Crippen molar-refractivity contribution < 1.29 is 4.74 Å². The normalized spacial score (nSPS) is 33.9. The summed E-state index contributed by atoms with van der Waals surface area (Å²) >= 11 is 0. The van der Waals surface area contributed by atoms with Gasteiger partial charge in [-0.05, 0) is 18.9 Å². The number of ether oxygens (including phenoxy) is 1. The van der Waals surface area contributed by atoms with Crippen LogP contribution >= 0.6 is 0 Å². The molecule has 2 aliphatic heterocycles. The number of rotatable bonds is 0. The Morgan fingerprint density at radius 3 is 3.14 bits per heavy atom. The van der Waals surface area contributed by atoms with Gasteiger partial charge in [0.15, 0.2) is 0 Å². The maximum Gasteiger partial charge on any atom is 0.136 e. The number of fused-ring (bicyclic) bond motifs is 1. The van der Waals surface area contributed by atoms with E-state index in [1.165, 1.54) is 5.57 Å². The second-order valence-electron chi connectivity index (χ2n) is 3.81. The summed E-state index contributed by atoms with van der Waals surface area (Å²) in [5.74, 6) is 0.379. The van der Waals surface area contributed by atoms with Crippen LogP contribution in [0.4, 0.5) is 0 Å². The molecule has 1 fully saturated rings. The second kappa shape index (κ2) is 3.47. The van der Waals surface area contributed by atoms with E-state index < -0.39 is 0 Å². The first-order chi connectivity index (χ1) is 6.76. The zero-order valence-corrected chi connectivity index (χ0v) is 8.53. The molecule has 0 aromatic rings. The van der Waals surface area contributed by atoms with Crippen LogP contribution in [0.2, 0.25) is 0 Å². The largest absolute Gasteiger partial charge is 0.354 e. The van der Waals surface area contributed by atoms with E-state index >= 15 is 0 Å². The lowest BCUT2D eigenvalue weighted by Gasteiger charge is -2.31. The van der Waals surface area contributed by atoms with Crippen molar-refractivity contribution in [3.63, 3.8) is 0 Å². The Morgan fingerprint density at radius 1 is 1.71 bits per heavy atom. The van der Waals surface area contributed by atoms with Gasteiger partial charge in [0.05, 0.1) is 12.7 Å². The molecule has 0 saturated carbocycles. The van der Waals surface area contributed by atoms with Crippen LogP contribution in [0.3, 0.4) is 0 Å². The maximum atomic E-state index is 8.88. The van der Waals surface area contributed by atoms with Crippen molar-refractivity contribution in [3.05, 3.63) is 23.4 Å². The lowest BCUT2D eigenvalue weighted by atomic mass is 9.90. The van der Waals surface area contributed by atoms with Gasteiger partial charge in [-0.15, -0.1) is 0 Å². The van der Waals surface area contributed by atoms with Gasteiger partial charge in [-0.3, -0.25) is 0 Å². The van der Waals surface area contributed by atoms with Crippen molar-refractivity contribution in [2.75, 3.05) is 13.7 Å². The fourth-order valence-corrected chi connectivity index (χ4v) is 2.20. The van der Waals surface area contributed by atoms with Crippen LogP contribution in [-0.4, -0.2) is 24.8 Å². The van der Waals surface area contributed by atoms with Gasteiger partial charge >= 0.3 is 0 Å². The Kier molecular flexibility index (Phi) is 2.30. The average molecular weight is 190 g/mol. The molecule has 0 unspecified atom stereocenters. The molecule has 3 nitrogen and oxygen atoms in total. The molecule has 0 amide bonds. The molecule has 0 aromatic carbocycles. The highest BCUT2D eigenvalue weighted by molar-refractivity contribution is 5.28. The Balaban J connectivity index is 2.27. The topological polar surface area (TPSA) is 36.3 Å². The zero-order valence-electron chi connectivity index (χ0n) is 8.53. The summed E-state index contributed by atoms with van der Waals surface area (Å²) in [5.41, 5.74) is 2.17. The molecule has 2 atom stereocenters. The van der Waals surface area contributed by atoms with Gasteiger partial charge in [0.1, 0.15) is 6.23 Å². The molecule has 0 radical (unpaired) electrons. The van der Waals surface area contributed by atoms with E-state index in [1.54, 1.807) is 0 Å². The molecule has 2 heterocycles. The summed E-state index contributed by atoms with van der Waals surface area (Å²) in [5, 5.41) is 8.88. The molecule has 0 spiro atoms. The van der Waals surface area contributed by atoms with Crippen LogP contribution in [0.5, 0.6) is 0 Å². The van der Waals surface area contributed by atoms with Crippen LogP contribution in [0, 0.1) is 17.2 Å². The van der Waals surface area contributed by atoms with Crippen LogP contribution in [0.1, 0.15) is 13.3 Å². The number of allylic oxidation sites excluding steroid dienone is 2. The van der Waals surface area contributed by atoms with Crippen molar-refractivity contribution in [2.45, 2.75) is 19.6 Å². The van der Waals surface area contributed by atoms with Gasteiger partial charge < -0.3 is 9.64 Å². The Morgan fingerprint density at radius 2 is 2.50 bits per heavy atom. The summed E-state index contributed by atoms with van der Waals surface area (Å²) in [4.78, 5) is 2.00. The first-order valence-electron chi connectivity index (χ1n) is 4.85. The minimum Gasteiger partial charge on any atom is -0.354 e. The maximum absolute atomic E-state index is 8.88. The number of hydrogen-bond donors (Lipinski definition) is 0. The SMILES string of the molecule is C/C=C1/CO[C@@H]2[C@H]1CC(C#N)=CN2C. The quantitative estimate of drug-likeness (QED) is 0.545. The van der Waals surface area contributed by atoms with Gasteiger partial charge in [-0.25, -0.2) is 0 Å². The van der Waals surface area contributed by atoms with Gasteiger partial charge in [-0.2, -0.15) is 5.26 Å².